The van der Waals surface area contributed by atoms with Gasteiger partial charge in [-0.15, -0.1) is 0 Å². The Bertz CT molecular complexity index is 1790. The van der Waals surface area contributed by atoms with Crippen molar-refractivity contribution in [1.82, 2.24) is 15.1 Å². The van der Waals surface area contributed by atoms with E-state index >= 15 is 0 Å². The second-order valence-electron chi connectivity index (χ2n) is 12.5. The molecule has 4 aromatic carbocycles. The molecule has 5 rings (SSSR count). The SMILES string of the molecule is CC[C@H](NC(=O)c1ccc2c(c1)c(C(C)C)nn2Cc1ccc(-c2ccccc2C(C)(C)C)cc1)c1ccc(Br)cc1.O=C=O. The summed E-state index contributed by atoms with van der Waals surface area (Å²) in [6.07, 6.45) is 1.06. The van der Waals surface area contributed by atoms with Gasteiger partial charge in [-0.1, -0.05) is 118 Å². The largest absolute Gasteiger partial charge is 0.373 e. The number of carbonyl (C=O) groups excluding carboxylic acids is 3. The van der Waals surface area contributed by atoms with Gasteiger partial charge in [-0.3, -0.25) is 9.48 Å². The van der Waals surface area contributed by atoms with Gasteiger partial charge in [0.2, 0.25) is 0 Å². The number of rotatable bonds is 8. The average Bonchev–Trinajstić information content (AvgIpc) is 3.38. The molecule has 0 saturated carbocycles. The lowest BCUT2D eigenvalue weighted by atomic mass is 9.82. The highest BCUT2D eigenvalue weighted by Gasteiger charge is 2.20. The zero-order chi connectivity index (χ0) is 32.7. The van der Waals surface area contributed by atoms with Crippen molar-refractivity contribution < 1.29 is 14.4 Å². The molecular formula is C38H40BrN3O3. The summed E-state index contributed by atoms with van der Waals surface area (Å²) in [7, 11) is 0. The minimum Gasteiger partial charge on any atom is -0.345 e. The molecule has 0 fully saturated rings. The number of amides is 1. The van der Waals surface area contributed by atoms with Gasteiger partial charge in [0, 0.05) is 15.4 Å². The van der Waals surface area contributed by atoms with E-state index in [0.717, 1.165) is 33.1 Å². The lowest BCUT2D eigenvalue weighted by Gasteiger charge is -2.23. The van der Waals surface area contributed by atoms with Gasteiger partial charge in [0.1, 0.15) is 0 Å². The molecule has 0 aliphatic rings. The van der Waals surface area contributed by atoms with E-state index in [1.807, 2.05) is 30.3 Å². The zero-order valence-corrected chi connectivity index (χ0v) is 28.3. The van der Waals surface area contributed by atoms with Gasteiger partial charge in [-0.2, -0.15) is 14.7 Å². The maximum absolute atomic E-state index is 13.4. The highest BCUT2D eigenvalue weighted by molar-refractivity contribution is 9.10. The fourth-order valence-electron chi connectivity index (χ4n) is 5.60. The molecule has 232 valence electrons. The predicted molar refractivity (Wildman–Crippen MR) is 183 cm³/mol. The van der Waals surface area contributed by atoms with Crippen molar-refractivity contribution in [3.63, 3.8) is 0 Å². The molecule has 45 heavy (non-hydrogen) atoms. The minimum atomic E-state index is -0.0692. The van der Waals surface area contributed by atoms with Gasteiger partial charge in [-0.25, -0.2) is 0 Å². The van der Waals surface area contributed by atoms with E-state index in [0.29, 0.717) is 12.1 Å². The molecule has 1 N–H and O–H groups in total. The molecule has 1 heterocycles. The van der Waals surface area contributed by atoms with Gasteiger partial charge >= 0.3 is 6.15 Å². The summed E-state index contributed by atoms with van der Waals surface area (Å²) in [6, 6.07) is 31.5. The zero-order valence-electron chi connectivity index (χ0n) is 26.7. The third-order valence-electron chi connectivity index (χ3n) is 7.91. The number of hydrogen-bond donors (Lipinski definition) is 1. The van der Waals surface area contributed by atoms with Crippen LogP contribution in [0.15, 0.2) is 95.5 Å². The van der Waals surface area contributed by atoms with Crippen LogP contribution in [0.4, 0.5) is 0 Å². The number of fused-ring (bicyclic) bond motifs is 1. The maximum atomic E-state index is 13.4. The number of hydrogen-bond acceptors (Lipinski definition) is 4. The van der Waals surface area contributed by atoms with E-state index in [1.165, 1.54) is 22.3 Å². The molecule has 0 aliphatic carbocycles. The molecule has 0 radical (unpaired) electrons. The summed E-state index contributed by atoms with van der Waals surface area (Å²) in [5.41, 5.74) is 8.91. The van der Waals surface area contributed by atoms with Crippen molar-refractivity contribution in [2.75, 3.05) is 0 Å². The Morgan fingerprint density at radius 3 is 2.18 bits per heavy atom. The van der Waals surface area contributed by atoms with Crippen LogP contribution in [0.25, 0.3) is 22.0 Å². The fourth-order valence-corrected chi connectivity index (χ4v) is 5.87. The van der Waals surface area contributed by atoms with E-state index in [-0.39, 0.29) is 29.4 Å². The lowest BCUT2D eigenvalue weighted by Crippen LogP contribution is -2.28. The Morgan fingerprint density at radius 1 is 0.933 bits per heavy atom. The topological polar surface area (TPSA) is 81.1 Å². The van der Waals surface area contributed by atoms with E-state index in [2.05, 4.69) is 128 Å². The fraction of sp³-hybridized carbons (Fsp3) is 0.289. The van der Waals surface area contributed by atoms with Crippen molar-refractivity contribution in [3.05, 3.63) is 123 Å². The van der Waals surface area contributed by atoms with Crippen LogP contribution in [0, 0.1) is 0 Å². The summed E-state index contributed by atoms with van der Waals surface area (Å²) in [5.74, 6) is 0.162. The van der Waals surface area contributed by atoms with Crippen LogP contribution in [0.5, 0.6) is 0 Å². The average molecular weight is 667 g/mol. The van der Waals surface area contributed by atoms with E-state index in [4.69, 9.17) is 14.7 Å². The van der Waals surface area contributed by atoms with Crippen LogP contribution in [-0.2, 0) is 21.5 Å². The number of benzene rings is 4. The summed E-state index contributed by atoms with van der Waals surface area (Å²) in [5, 5.41) is 9.29. The second-order valence-corrected chi connectivity index (χ2v) is 13.4. The Labute approximate surface area is 274 Å². The van der Waals surface area contributed by atoms with Crippen LogP contribution >= 0.6 is 15.9 Å². The number of nitrogens with zero attached hydrogens (tertiary/aromatic N) is 2. The highest BCUT2D eigenvalue weighted by Crippen LogP contribution is 2.33. The third-order valence-corrected chi connectivity index (χ3v) is 8.44. The van der Waals surface area contributed by atoms with Crippen molar-refractivity contribution in [2.24, 2.45) is 0 Å². The van der Waals surface area contributed by atoms with Crippen LogP contribution in [0.1, 0.15) is 92.7 Å². The summed E-state index contributed by atoms with van der Waals surface area (Å²) < 4.78 is 3.10. The van der Waals surface area contributed by atoms with Crippen LogP contribution in [0.2, 0.25) is 0 Å². The first-order chi connectivity index (χ1) is 21.5. The van der Waals surface area contributed by atoms with E-state index in [1.54, 1.807) is 0 Å². The van der Waals surface area contributed by atoms with Crippen LogP contribution in [-0.4, -0.2) is 21.8 Å². The maximum Gasteiger partial charge on any atom is 0.373 e. The normalized spacial score (nSPS) is 11.9. The van der Waals surface area contributed by atoms with Crippen molar-refractivity contribution in [2.45, 2.75) is 71.9 Å². The molecule has 0 bridgehead atoms. The summed E-state index contributed by atoms with van der Waals surface area (Å²) in [4.78, 5) is 29.6. The van der Waals surface area contributed by atoms with Crippen molar-refractivity contribution in [3.8, 4) is 11.1 Å². The first kappa shape index (κ1) is 33.6. The van der Waals surface area contributed by atoms with E-state index < -0.39 is 0 Å². The molecule has 1 amide bonds. The monoisotopic (exact) mass is 665 g/mol. The minimum absolute atomic E-state index is 0.0491. The van der Waals surface area contributed by atoms with Gasteiger partial charge in [0.05, 0.1) is 23.8 Å². The van der Waals surface area contributed by atoms with Gasteiger partial charge in [0.15, 0.2) is 0 Å². The smallest absolute Gasteiger partial charge is 0.345 e. The molecule has 0 spiro atoms. The molecule has 0 unspecified atom stereocenters. The Morgan fingerprint density at radius 2 is 1.58 bits per heavy atom. The second kappa shape index (κ2) is 14.6. The number of nitrogens with one attached hydrogen (secondary N) is 1. The summed E-state index contributed by atoms with van der Waals surface area (Å²) in [6.45, 7) is 13.8. The standard InChI is InChI=1S/C37H40BrN3O.CO2/c1-7-33(27-16-19-29(38)20-17-27)39-36(42)28-18-21-34-31(22-28)35(24(2)3)40-41(34)23-25-12-14-26(15-13-25)30-10-8-9-11-32(30)37(4,5)6;2-1-3/h8-22,24,33H,7,23H2,1-6H3,(H,39,42);/t33-;/m0./s1. The van der Waals surface area contributed by atoms with Crippen LogP contribution < -0.4 is 5.32 Å². The molecule has 6 nitrogen and oxygen atoms in total. The Balaban J connectivity index is 0.00000148. The van der Waals surface area contributed by atoms with Crippen molar-refractivity contribution >= 4 is 38.9 Å². The first-order valence-corrected chi connectivity index (χ1v) is 16.0. The number of halogens is 1. The van der Waals surface area contributed by atoms with Gasteiger partial charge in [0.25, 0.3) is 5.91 Å². The summed E-state index contributed by atoms with van der Waals surface area (Å²) >= 11 is 3.49. The van der Waals surface area contributed by atoms with Crippen molar-refractivity contribution in [1.29, 1.82) is 0 Å². The number of carbonyl (C=O) groups is 1. The molecule has 1 atom stereocenters. The first-order valence-electron chi connectivity index (χ1n) is 15.2. The Kier molecular flexibility index (Phi) is 10.9. The van der Waals surface area contributed by atoms with Gasteiger partial charge < -0.3 is 5.32 Å². The molecule has 0 saturated heterocycles. The molecule has 5 aromatic rings. The quantitative estimate of drug-likeness (QED) is 0.179. The van der Waals surface area contributed by atoms with Gasteiger partial charge in [-0.05, 0) is 75.9 Å². The lowest BCUT2D eigenvalue weighted by molar-refractivity contribution is -0.191. The molecule has 7 heteroatoms. The Hall–Kier alpha value is -4.32. The number of aromatic nitrogens is 2. The molecule has 0 aliphatic heterocycles. The third kappa shape index (κ3) is 8.05. The molecule has 1 aromatic heterocycles. The predicted octanol–water partition coefficient (Wildman–Crippen LogP) is 9.23. The highest BCUT2D eigenvalue weighted by atomic mass is 79.9. The van der Waals surface area contributed by atoms with E-state index in [9.17, 15) is 4.79 Å². The van der Waals surface area contributed by atoms with Crippen LogP contribution in [0.3, 0.4) is 0 Å². The molecular weight excluding hydrogens is 626 g/mol.